The molecule has 0 radical (unpaired) electrons. The van der Waals surface area contributed by atoms with Crippen LogP contribution in [0.2, 0.25) is 0 Å². The quantitative estimate of drug-likeness (QED) is 0.493. The molecule has 1 rings (SSSR count). The van der Waals surface area contributed by atoms with Crippen molar-refractivity contribution >= 4 is 0 Å². The highest BCUT2D eigenvalue weighted by molar-refractivity contribution is 5.18. The Morgan fingerprint density at radius 2 is 1.18 bits per heavy atom. The largest absolute Gasteiger partial charge is 0.384 e. The number of ether oxygens (including phenoxy) is 2. The highest BCUT2D eigenvalue weighted by Gasteiger charge is 2.74. The van der Waals surface area contributed by atoms with Crippen molar-refractivity contribution in [3.8, 4) is 0 Å². The fourth-order valence-electron chi connectivity index (χ4n) is 2.19. The van der Waals surface area contributed by atoms with Crippen molar-refractivity contribution in [1.82, 2.24) is 0 Å². The second-order valence-corrected chi connectivity index (χ2v) is 5.45. The maximum Gasteiger partial charge on any atom is 0.200 e. The summed E-state index contributed by atoms with van der Waals surface area (Å²) in [6.07, 6.45) is 0. The summed E-state index contributed by atoms with van der Waals surface area (Å²) in [5.41, 5.74) is -6.06. The lowest BCUT2D eigenvalue weighted by molar-refractivity contribution is -0.489. The number of hydrogen-bond acceptors (Lipinski definition) is 6. The third-order valence-electron chi connectivity index (χ3n) is 4.47. The molecule has 6 nitrogen and oxygen atoms in total. The van der Waals surface area contributed by atoms with Crippen LogP contribution in [0.15, 0.2) is 0 Å². The van der Waals surface area contributed by atoms with E-state index in [1.807, 2.05) is 0 Å². The van der Waals surface area contributed by atoms with Crippen LogP contribution in [0.4, 0.5) is 0 Å². The zero-order chi connectivity index (χ0) is 13.9. The van der Waals surface area contributed by atoms with Gasteiger partial charge in [0.05, 0.1) is 0 Å². The Morgan fingerprint density at radius 3 is 1.53 bits per heavy atom. The lowest BCUT2D eigenvalue weighted by Gasteiger charge is -2.63. The van der Waals surface area contributed by atoms with Gasteiger partial charge in [-0.1, -0.05) is 0 Å². The molecule has 0 aliphatic carbocycles. The van der Waals surface area contributed by atoms with Crippen LogP contribution in [-0.4, -0.2) is 55.9 Å². The Kier molecular flexibility index (Phi) is 2.97. The van der Waals surface area contributed by atoms with Gasteiger partial charge in [0, 0.05) is 7.11 Å². The van der Waals surface area contributed by atoms with Gasteiger partial charge in [-0.3, -0.25) is 0 Å². The molecule has 0 aromatic heterocycles. The third-order valence-corrected chi connectivity index (χ3v) is 4.47. The van der Waals surface area contributed by atoms with Gasteiger partial charge in [0.25, 0.3) is 0 Å². The predicted octanol–water partition coefficient (Wildman–Crippen LogP) is -0.659. The molecule has 1 fully saturated rings. The molecule has 5 atom stereocenters. The lowest BCUT2D eigenvalue weighted by Crippen LogP contribution is -2.84. The molecular formula is C11H22O6. The van der Waals surface area contributed by atoms with Crippen LogP contribution in [0.25, 0.3) is 0 Å². The Balaban J connectivity index is 3.46. The van der Waals surface area contributed by atoms with Crippen LogP contribution in [-0.2, 0) is 9.47 Å². The number of aliphatic hydroxyl groups is 4. The SMILES string of the molecule is COC1(C)OC(C)(O)C(C)(O)C(C)(O)C1(C)O. The maximum atomic E-state index is 10.4. The number of hydrogen-bond donors (Lipinski definition) is 4. The maximum absolute atomic E-state index is 10.4. The van der Waals surface area contributed by atoms with Gasteiger partial charge in [-0.15, -0.1) is 0 Å². The lowest BCUT2D eigenvalue weighted by atomic mass is 9.64. The topological polar surface area (TPSA) is 99.4 Å². The Hall–Kier alpha value is -0.240. The highest BCUT2D eigenvalue weighted by Crippen LogP contribution is 2.52. The van der Waals surface area contributed by atoms with Crippen molar-refractivity contribution in [2.45, 2.75) is 63.0 Å². The van der Waals surface area contributed by atoms with Crippen molar-refractivity contribution in [2.75, 3.05) is 7.11 Å². The van der Waals surface area contributed by atoms with Gasteiger partial charge in [0.2, 0.25) is 0 Å². The molecule has 17 heavy (non-hydrogen) atoms. The van der Waals surface area contributed by atoms with E-state index in [-0.39, 0.29) is 0 Å². The van der Waals surface area contributed by atoms with Crippen LogP contribution in [0.3, 0.4) is 0 Å². The molecule has 0 aromatic carbocycles. The van der Waals surface area contributed by atoms with Crippen molar-refractivity contribution in [3.05, 3.63) is 0 Å². The van der Waals surface area contributed by atoms with E-state index in [0.29, 0.717) is 0 Å². The molecule has 0 bridgehead atoms. The first kappa shape index (κ1) is 14.8. The van der Waals surface area contributed by atoms with Crippen molar-refractivity contribution < 1.29 is 29.9 Å². The van der Waals surface area contributed by atoms with Crippen LogP contribution < -0.4 is 0 Å². The minimum Gasteiger partial charge on any atom is -0.384 e. The fraction of sp³-hybridized carbons (Fsp3) is 1.00. The summed E-state index contributed by atoms with van der Waals surface area (Å²) in [5, 5.41) is 41.2. The average molecular weight is 250 g/mol. The molecule has 1 aliphatic rings. The summed E-state index contributed by atoms with van der Waals surface area (Å²) in [7, 11) is 1.28. The summed E-state index contributed by atoms with van der Waals surface area (Å²) in [6.45, 7) is 6.28. The summed E-state index contributed by atoms with van der Waals surface area (Å²) in [4.78, 5) is 0. The Morgan fingerprint density at radius 1 is 0.765 bits per heavy atom. The minimum atomic E-state index is -2.08. The third kappa shape index (κ3) is 1.49. The fourth-order valence-corrected chi connectivity index (χ4v) is 2.19. The second-order valence-electron chi connectivity index (χ2n) is 5.45. The average Bonchev–Trinajstić information content (AvgIpc) is 2.14. The van der Waals surface area contributed by atoms with E-state index < -0.39 is 28.4 Å². The molecule has 0 saturated carbocycles. The van der Waals surface area contributed by atoms with Gasteiger partial charge in [-0.25, -0.2) is 0 Å². The van der Waals surface area contributed by atoms with Gasteiger partial charge in [0.1, 0.15) is 16.8 Å². The summed E-state index contributed by atoms with van der Waals surface area (Å²) >= 11 is 0. The van der Waals surface area contributed by atoms with Crippen LogP contribution in [0.5, 0.6) is 0 Å². The first-order valence-electron chi connectivity index (χ1n) is 5.42. The zero-order valence-electron chi connectivity index (χ0n) is 11.1. The molecule has 1 heterocycles. The minimum absolute atomic E-state index is 1.19. The van der Waals surface area contributed by atoms with Gasteiger partial charge in [0.15, 0.2) is 11.6 Å². The van der Waals surface area contributed by atoms with E-state index in [2.05, 4.69) is 0 Å². The van der Waals surface area contributed by atoms with E-state index in [1.165, 1.54) is 41.7 Å². The van der Waals surface area contributed by atoms with Gasteiger partial charge in [-0.2, -0.15) is 0 Å². The second kappa shape index (κ2) is 3.40. The molecular weight excluding hydrogens is 228 g/mol. The van der Waals surface area contributed by atoms with Gasteiger partial charge in [-0.05, 0) is 34.6 Å². The van der Waals surface area contributed by atoms with Gasteiger partial charge >= 0.3 is 0 Å². The van der Waals surface area contributed by atoms with E-state index in [1.54, 1.807) is 0 Å². The van der Waals surface area contributed by atoms with Gasteiger partial charge < -0.3 is 29.9 Å². The van der Waals surface area contributed by atoms with E-state index in [0.717, 1.165) is 0 Å². The predicted molar refractivity (Wildman–Crippen MR) is 59.0 cm³/mol. The summed E-state index contributed by atoms with van der Waals surface area (Å²) in [5.74, 6) is -3.74. The summed E-state index contributed by atoms with van der Waals surface area (Å²) in [6, 6.07) is 0. The van der Waals surface area contributed by atoms with Crippen molar-refractivity contribution in [1.29, 1.82) is 0 Å². The number of rotatable bonds is 1. The molecule has 0 spiro atoms. The standard InChI is InChI=1S/C11H22O6/c1-7(12)8(2,13)10(4,15)17-11(5,16-6)9(7,3)14/h12-15H,1-6H3. The molecule has 5 unspecified atom stereocenters. The van der Waals surface area contributed by atoms with Crippen LogP contribution in [0.1, 0.15) is 34.6 Å². The molecule has 1 aliphatic heterocycles. The molecule has 6 heteroatoms. The normalized spacial score (nSPS) is 60.4. The number of methoxy groups -OCH3 is 1. The Bertz CT molecular complexity index is 320. The van der Waals surface area contributed by atoms with Crippen molar-refractivity contribution in [2.24, 2.45) is 0 Å². The molecule has 1 saturated heterocycles. The molecule has 0 aromatic rings. The van der Waals surface area contributed by atoms with Crippen molar-refractivity contribution in [3.63, 3.8) is 0 Å². The smallest absolute Gasteiger partial charge is 0.200 e. The van der Waals surface area contributed by atoms with Crippen LogP contribution in [0, 0.1) is 0 Å². The summed E-state index contributed by atoms with van der Waals surface area (Å²) < 4.78 is 10.3. The molecule has 102 valence electrons. The zero-order valence-corrected chi connectivity index (χ0v) is 11.1. The van der Waals surface area contributed by atoms with E-state index in [9.17, 15) is 20.4 Å². The highest BCUT2D eigenvalue weighted by atomic mass is 16.8. The van der Waals surface area contributed by atoms with E-state index in [4.69, 9.17) is 9.47 Å². The first-order valence-corrected chi connectivity index (χ1v) is 5.42. The Labute approximate surface area is 101 Å². The van der Waals surface area contributed by atoms with Crippen LogP contribution >= 0.6 is 0 Å². The molecule has 0 amide bonds. The van der Waals surface area contributed by atoms with E-state index >= 15 is 0 Å². The first-order chi connectivity index (χ1) is 7.27. The monoisotopic (exact) mass is 250 g/mol. The molecule has 4 N–H and O–H groups in total.